The van der Waals surface area contributed by atoms with Gasteiger partial charge in [-0.2, -0.15) is 0 Å². The van der Waals surface area contributed by atoms with Crippen LogP contribution >= 0.6 is 0 Å². The summed E-state index contributed by atoms with van der Waals surface area (Å²) in [5, 5.41) is 3.21. The first-order valence-electron chi connectivity index (χ1n) is 6.45. The smallest absolute Gasteiger partial charge is 0.242 e. The molecule has 1 rings (SSSR count). The summed E-state index contributed by atoms with van der Waals surface area (Å²) in [5.41, 5.74) is 9.03. The summed E-state index contributed by atoms with van der Waals surface area (Å²) >= 11 is 0. The van der Waals surface area contributed by atoms with Gasteiger partial charge in [0, 0.05) is 13.7 Å². The first-order chi connectivity index (χ1) is 8.82. The maximum absolute atomic E-state index is 11.9. The average Bonchev–Trinajstić information content (AvgIpc) is 2.27. The van der Waals surface area contributed by atoms with Crippen LogP contribution in [0.5, 0.6) is 0 Å². The first-order valence-corrected chi connectivity index (χ1v) is 6.45. The molecule has 19 heavy (non-hydrogen) atoms. The van der Waals surface area contributed by atoms with Crippen LogP contribution in [0.4, 0.5) is 0 Å². The predicted octanol–water partition coefficient (Wildman–Crippen LogP) is 1.55. The van der Waals surface area contributed by atoms with Gasteiger partial charge in [-0.3, -0.25) is 10.1 Å². The van der Waals surface area contributed by atoms with Gasteiger partial charge in [0.15, 0.2) is 0 Å². The van der Waals surface area contributed by atoms with Gasteiger partial charge in [0.25, 0.3) is 0 Å². The van der Waals surface area contributed by atoms with Crippen molar-refractivity contribution in [3.63, 3.8) is 0 Å². The number of amides is 1. The van der Waals surface area contributed by atoms with Gasteiger partial charge in [0.05, 0.1) is 6.61 Å². The normalized spacial score (nSPS) is 14.2. The van der Waals surface area contributed by atoms with E-state index in [9.17, 15) is 4.79 Å². The highest BCUT2D eigenvalue weighted by atomic mass is 16.5. The van der Waals surface area contributed by atoms with Crippen LogP contribution in [-0.4, -0.2) is 26.2 Å². The van der Waals surface area contributed by atoms with E-state index in [0.29, 0.717) is 13.2 Å². The van der Waals surface area contributed by atoms with Gasteiger partial charge in [-0.25, -0.2) is 0 Å². The van der Waals surface area contributed by atoms with E-state index in [-0.39, 0.29) is 5.91 Å². The number of nitrogens with one attached hydrogen (secondary N) is 1. The summed E-state index contributed by atoms with van der Waals surface area (Å²) in [7, 11) is 1.63. The highest BCUT2D eigenvalue weighted by molar-refractivity contribution is 5.86. The molecule has 1 aromatic carbocycles. The summed E-state index contributed by atoms with van der Waals surface area (Å²) in [6.45, 7) is 9.00. The average molecular weight is 264 g/mol. The molecule has 106 valence electrons. The Kier molecular flexibility index (Phi) is 5.09. The van der Waals surface area contributed by atoms with Crippen molar-refractivity contribution in [1.29, 1.82) is 0 Å². The lowest BCUT2D eigenvalue weighted by Crippen LogP contribution is -2.52. The number of primary amides is 1. The van der Waals surface area contributed by atoms with Crippen LogP contribution in [-0.2, 0) is 15.1 Å². The molecule has 0 saturated heterocycles. The quantitative estimate of drug-likeness (QED) is 0.766. The van der Waals surface area contributed by atoms with E-state index in [0.717, 1.165) is 16.7 Å². The van der Waals surface area contributed by atoms with Crippen LogP contribution in [0.1, 0.15) is 29.2 Å². The van der Waals surface area contributed by atoms with Crippen molar-refractivity contribution in [2.24, 2.45) is 5.73 Å². The molecule has 0 saturated carbocycles. The zero-order valence-corrected chi connectivity index (χ0v) is 12.5. The molecule has 1 atom stereocenters. The third-order valence-electron chi connectivity index (χ3n) is 3.45. The third-order valence-corrected chi connectivity index (χ3v) is 3.45. The summed E-state index contributed by atoms with van der Waals surface area (Å²) in [5.74, 6) is -0.376. The van der Waals surface area contributed by atoms with Crippen molar-refractivity contribution in [1.82, 2.24) is 5.32 Å². The molecule has 0 spiro atoms. The number of methoxy groups -OCH3 is 1. The van der Waals surface area contributed by atoms with Crippen LogP contribution in [0.25, 0.3) is 0 Å². The number of hydrogen-bond donors (Lipinski definition) is 2. The third kappa shape index (κ3) is 3.33. The molecule has 4 nitrogen and oxygen atoms in total. The van der Waals surface area contributed by atoms with Crippen molar-refractivity contribution >= 4 is 5.91 Å². The van der Waals surface area contributed by atoms with Crippen molar-refractivity contribution in [3.05, 3.63) is 34.4 Å². The van der Waals surface area contributed by atoms with Crippen molar-refractivity contribution in [3.8, 4) is 0 Å². The van der Waals surface area contributed by atoms with Gasteiger partial charge in [-0.1, -0.05) is 17.7 Å². The monoisotopic (exact) mass is 264 g/mol. The number of hydrogen-bond acceptors (Lipinski definition) is 3. The Morgan fingerprint density at radius 3 is 2.26 bits per heavy atom. The largest absolute Gasteiger partial charge is 0.383 e. The molecule has 3 N–H and O–H groups in total. The minimum atomic E-state index is -0.875. The summed E-state index contributed by atoms with van der Waals surface area (Å²) in [6.07, 6.45) is 0. The molecule has 0 aliphatic carbocycles. The Labute approximate surface area is 115 Å². The highest BCUT2D eigenvalue weighted by Gasteiger charge is 2.35. The Bertz CT molecular complexity index is 448. The number of carbonyl (C=O) groups excluding carboxylic acids is 1. The first kappa shape index (κ1) is 15.7. The van der Waals surface area contributed by atoms with Gasteiger partial charge in [0.1, 0.15) is 5.54 Å². The van der Waals surface area contributed by atoms with E-state index in [1.165, 1.54) is 5.56 Å². The second-order valence-corrected chi connectivity index (χ2v) is 5.18. The fourth-order valence-electron chi connectivity index (χ4n) is 2.67. The topological polar surface area (TPSA) is 64.3 Å². The van der Waals surface area contributed by atoms with E-state index >= 15 is 0 Å². The fourth-order valence-corrected chi connectivity index (χ4v) is 2.67. The van der Waals surface area contributed by atoms with Crippen LogP contribution in [0, 0.1) is 20.8 Å². The molecule has 0 aromatic heterocycles. The minimum Gasteiger partial charge on any atom is -0.383 e. The molecule has 0 aliphatic heterocycles. The molecule has 0 heterocycles. The Balaban J connectivity index is 3.23. The van der Waals surface area contributed by atoms with E-state index in [1.54, 1.807) is 7.11 Å². The second kappa shape index (κ2) is 6.17. The van der Waals surface area contributed by atoms with Crippen LogP contribution in [0.3, 0.4) is 0 Å². The lowest BCUT2D eigenvalue weighted by molar-refractivity contribution is -0.124. The van der Waals surface area contributed by atoms with Crippen LogP contribution < -0.4 is 11.1 Å². The lowest BCUT2D eigenvalue weighted by atomic mass is 9.83. The zero-order chi connectivity index (χ0) is 14.6. The summed E-state index contributed by atoms with van der Waals surface area (Å²) in [6, 6.07) is 4.14. The molecule has 0 bridgehead atoms. The highest BCUT2D eigenvalue weighted by Crippen LogP contribution is 2.28. The maximum atomic E-state index is 11.9. The molecule has 1 amide bonds. The van der Waals surface area contributed by atoms with Crippen molar-refractivity contribution in [2.45, 2.75) is 33.2 Å². The van der Waals surface area contributed by atoms with E-state index in [2.05, 4.69) is 17.4 Å². The number of nitrogens with two attached hydrogens (primary N) is 1. The Hall–Kier alpha value is -1.39. The fraction of sp³-hybridized carbons (Fsp3) is 0.533. The number of ether oxygens (including phenoxy) is 1. The number of rotatable bonds is 6. The SMILES string of the molecule is COCCNC(C)(C(N)=O)c1c(C)cc(C)cc1C. The second-order valence-electron chi connectivity index (χ2n) is 5.18. The van der Waals surface area contributed by atoms with E-state index in [4.69, 9.17) is 10.5 Å². The Morgan fingerprint density at radius 1 is 1.32 bits per heavy atom. The number of carbonyl (C=O) groups is 1. The summed E-state index contributed by atoms with van der Waals surface area (Å²) < 4.78 is 5.02. The molecular weight excluding hydrogens is 240 g/mol. The summed E-state index contributed by atoms with van der Waals surface area (Å²) in [4.78, 5) is 11.9. The van der Waals surface area contributed by atoms with Gasteiger partial charge < -0.3 is 10.5 Å². The number of aryl methyl sites for hydroxylation is 3. The van der Waals surface area contributed by atoms with Crippen LogP contribution in [0.15, 0.2) is 12.1 Å². The maximum Gasteiger partial charge on any atom is 0.242 e. The van der Waals surface area contributed by atoms with Gasteiger partial charge in [0.2, 0.25) is 5.91 Å². The molecule has 1 unspecified atom stereocenters. The standard InChI is InChI=1S/C15H24N2O2/c1-10-8-11(2)13(12(3)9-10)15(4,14(16)18)17-6-7-19-5/h8-9,17H,6-7H2,1-5H3,(H2,16,18). The molecular formula is C15H24N2O2. The molecule has 0 radical (unpaired) electrons. The lowest BCUT2D eigenvalue weighted by Gasteiger charge is -2.31. The molecule has 4 heteroatoms. The molecule has 0 aliphatic rings. The van der Waals surface area contributed by atoms with Gasteiger partial charge >= 0.3 is 0 Å². The van der Waals surface area contributed by atoms with E-state index in [1.807, 2.05) is 27.7 Å². The van der Waals surface area contributed by atoms with E-state index < -0.39 is 5.54 Å². The predicted molar refractivity (Wildman–Crippen MR) is 77.1 cm³/mol. The Morgan fingerprint density at radius 2 is 1.84 bits per heavy atom. The molecule has 0 fully saturated rings. The molecule has 1 aromatic rings. The van der Waals surface area contributed by atoms with Crippen molar-refractivity contribution in [2.75, 3.05) is 20.3 Å². The van der Waals surface area contributed by atoms with Gasteiger partial charge in [-0.05, 0) is 44.4 Å². The zero-order valence-electron chi connectivity index (χ0n) is 12.5. The minimum absolute atomic E-state index is 0.376. The van der Waals surface area contributed by atoms with Gasteiger partial charge in [-0.15, -0.1) is 0 Å². The van der Waals surface area contributed by atoms with Crippen molar-refractivity contribution < 1.29 is 9.53 Å². The number of benzene rings is 1. The van der Waals surface area contributed by atoms with Crippen LogP contribution in [0.2, 0.25) is 0 Å².